The quantitative estimate of drug-likeness (QED) is 0.750. The lowest BCUT2D eigenvalue weighted by Crippen LogP contribution is -2.43. The van der Waals surface area contributed by atoms with Gasteiger partial charge in [0.25, 0.3) is 11.5 Å². The molecule has 0 radical (unpaired) electrons. The Hall–Kier alpha value is -2.56. The number of benzene rings is 1. The molecule has 0 bridgehead atoms. The highest BCUT2D eigenvalue weighted by Gasteiger charge is 2.29. The third-order valence-corrected chi connectivity index (χ3v) is 5.31. The maximum atomic E-state index is 13.2. The van der Waals surface area contributed by atoms with Crippen LogP contribution in [0.5, 0.6) is 5.75 Å². The second-order valence-corrected chi connectivity index (χ2v) is 7.31. The molecule has 0 aliphatic heterocycles. The molecule has 2 aromatic rings. The minimum atomic E-state index is -0.170. The van der Waals surface area contributed by atoms with Gasteiger partial charge in [0.2, 0.25) is 0 Å². The van der Waals surface area contributed by atoms with Gasteiger partial charge in [0.05, 0.1) is 7.11 Å². The van der Waals surface area contributed by atoms with Crippen molar-refractivity contribution in [3.63, 3.8) is 0 Å². The van der Waals surface area contributed by atoms with E-state index in [0.717, 1.165) is 36.1 Å². The molecule has 3 rings (SSSR count). The number of carbonyl (C=O) groups excluding carboxylic acids is 1. The minimum absolute atomic E-state index is 0.00993. The van der Waals surface area contributed by atoms with Crippen LogP contribution < -0.4 is 10.3 Å². The van der Waals surface area contributed by atoms with Gasteiger partial charge in [-0.2, -0.15) is 0 Å². The molecular weight excluding hydrogens is 340 g/mol. The summed E-state index contributed by atoms with van der Waals surface area (Å²) >= 11 is 0. The van der Waals surface area contributed by atoms with Gasteiger partial charge in [-0.1, -0.05) is 12.1 Å². The van der Waals surface area contributed by atoms with E-state index in [2.05, 4.69) is 0 Å². The van der Waals surface area contributed by atoms with Crippen molar-refractivity contribution < 1.29 is 9.53 Å². The molecule has 1 heterocycles. The molecule has 144 valence electrons. The van der Waals surface area contributed by atoms with Crippen LogP contribution in [0.3, 0.4) is 0 Å². The molecule has 1 saturated carbocycles. The summed E-state index contributed by atoms with van der Waals surface area (Å²) in [6, 6.07) is 10.0. The van der Waals surface area contributed by atoms with Crippen LogP contribution >= 0.6 is 0 Å². The zero-order chi connectivity index (χ0) is 19.6. The Labute approximate surface area is 160 Å². The van der Waals surface area contributed by atoms with Crippen LogP contribution in [0.1, 0.15) is 54.2 Å². The number of amides is 1. The van der Waals surface area contributed by atoms with Gasteiger partial charge < -0.3 is 14.2 Å². The fraction of sp³-hybridized carbons (Fsp3) is 0.455. The number of pyridine rings is 1. The average molecular weight is 368 g/mol. The van der Waals surface area contributed by atoms with Gasteiger partial charge in [0, 0.05) is 24.8 Å². The molecule has 0 saturated heterocycles. The van der Waals surface area contributed by atoms with E-state index >= 15 is 0 Å². The number of methoxy groups -OCH3 is 1. The second-order valence-electron chi connectivity index (χ2n) is 7.31. The Morgan fingerprint density at radius 3 is 2.48 bits per heavy atom. The van der Waals surface area contributed by atoms with Gasteiger partial charge in [0.1, 0.15) is 11.3 Å². The van der Waals surface area contributed by atoms with E-state index in [1.165, 1.54) is 0 Å². The van der Waals surface area contributed by atoms with Gasteiger partial charge in [-0.3, -0.25) is 9.59 Å². The molecule has 5 heteroatoms. The predicted octanol–water partition coefficient (Wildman–Crippen LogP) is 3.59. The van der Waals surface area contributed by atoms with Crippen molar-refractivity contribution in [2.45, 2.75) is 52.1 Å². The first-order chi connectivity index (χ1) is 13.0. The Bertz CT molecular complexity index is 866. The standard InChI is InChI=1S/C22H28N2O3/c1-5-23(16(3)14-17-6-10-19(27-4)11-7-17)21(25)20-15(2)12-13-24(22(20)26)18-8-9-18/h6-7,10-13,16,18H,5,8-9,14H2,1-4H3. The number of carbonyl (C=O) groups is 1. The smallest absolute Gasteiger partial charge is 0.263 e. The Kier molecular flexibility index (Phi) is 5.68. The van der Waals surface area contributed by atoms with Crippen LogP contribution in [0.4, 0.5) is 0 Å². The summed E-state index contributed by atoms with van der Waals surface area (Å²) in [5, 5.41) is 0. The van der Waals surface area contributed by atoms with Crippen molar-refractivity contribution in [2.75, 3.05) is 13.7 Å². The molecule has 1 fully saturated rings. The van der Waals surface area contributed by atoms with Crippen LogP contribution in [0.25, 0.3) is 0 Å². The highest BCUT2D eigenvalue weighted by atomic mass is 16.5. The summed E-state index contributed by atoms with van der Waals surface area (Å²) in [5.41, 5.74) is 2.04. The van der Waals surface area contributed by atoms with Crippen molar-refractivity contribution in [2.24, 2.45) is 0 Å². The molecule has 5 nitrogen and oxygen atoms in total. The molecular formula is C22H28N2O3. The molecule has 0 spiro atoms. The Morgan fingerprint density at radius 1 is 1.26 bits per heavy atom. The largest absolute Gasteiger partial charge is 0.497 e. The molecule has 0 N–H and O–H groups in total. The van der Waals surface area contributed by atoms with Crippen LogP contribution in [-0.4, -0.2) is 35.1 Å². The van der Waals surface area contributed by atoms with Crippen molar-refractivity contribution in [1.82, 2.24) is 9.47 Å². The third kappa shape index (κ3) is 4.07. The molecule has 1 aliphatic rings. The Morgan fingerprint density at radius 2 is 1.93 bits per heavy atom. The van der Waals surface area contributed by atoms with Gasteiger partial charge in [-0.25, -0.2) is 0 Å². The normalized spacial score (nSPS) is 14.7. The zero-order valence-corrected chi connectivity index (χ0v) is 16.6. The number of hydrogen-bond donors (Lipinski definition) is 0. The Balaban J connectivity index is 1.83. The SMILES string of the molecule is CCN(C(=O)c1c(C)ccn(C2CC2)c1=O)C(C)Cc1ccc(OC)cc1. The summed E-state index contributed by atoms with van der Waals surface area (Å²) in [6.07, 6.45) is 4.58. The fourth-order valence-corrected chi connectivity index (χ4v) is 3.55. The molecule has 1 aliphatic carbocycles. The van der Waals surface area contributed by atoms with E-state index in [4.69, 9.17) is 4.74 Å². The van der Waals surface area contributed by atoms with Crippen molar-refractivity contribution in [1.29, 1.82) is 0 Å². The number of aromatic nitrogens is 1. The first-order valence-electron chi connectivity index (χ1n) is 9.61. The van der Waals surface area contributed by atoms with Crippen LogP contribution in [-0.2, 0) is 6.42 Å². The summed E-state index contributed by atoms with van der Waals surface area (Å²) in [4.78, 5) is 27.9. The molecule has 1 atom stereocenters. The number of nitrogens with zero attached hydrogens (tertiary/aromatic N) is 2. The lowest BCUT2D eigenvalue weighted by Gasteiger charge is -2.29. The molecule has 1 aromatic carbocycles. The van der Waals surface area contributed by atoms with Crippen molar-refractivity contribution in [3.8, 4) is 5.75 Å². The highest BCUT2D eigenvalue weighted by Crippen LogP contribution is 2.33. The van der Waals surface area contributed by atoms with Crippen LogP contribution in [0, 0.1) is 6.92 Å². The minimum Gasteiger partial charge on any atom is -0.497 e. The summed E-state index contributed by atoms with van der Waals surface area (Å²) < 4.78 is 6.92. The van der Waals surface area contributed by atoms with Gasteiger partial charge >= 0.3 is 0 Å². The summed E-state index contributed by atoms with van der Waals surface area (Å²) in [7, 11) is 1.64. The van der Waals surface area contributed by atoms with Gasteiger partial charge in [-0.05, 0) is 69.4 Å². The van der Waals surface area contributed by atoms with Crippen molar-refractivity contribution >= 4 is 5.91 Å². The summed E-state index contributed by atoms with van der Waals surface area (Å²) in [6.45, 7) is 6.39. The third-order valence-electron chi connectivity index (χ3n) is 5.31. The van der Waals surface area contributed by atoms with E-state index in [0.29, 0.717) is 12.1 Å². The molecule has 1 amide bonds. The number of rotatable bonds is 7. The maximum absolute atomic E-state index is 13.2. The average Bonchev–Trinajstić information content (AvgIpc) is 3.48. The van der Waals surface area contributed by atoms with E-state index in [9.17, 15) is 9.59 Å². The molecule has 27 heavy (non-hydrogen) atoms. The van der Waals surface area contributed by atoms with Gasteiger partial charge in [-0.15, -0.1) is 0 Å². The van der Waals surface area contributed by atoms with Gasteiger partial charge in [0.15, 0.2) is 0 Å². The molecule has 1 aromatic heterocycles. The lowest BCUT2D eigenvalue weighted by atomic mass is 10.0. The predicted molar refractivity (Wildman–Crippen MR) is 107 cm³/mol. The van der Waals surface area contributed by atoms with E-state index < -0.39 is 0 Å². The number of likely N-dealkylation sites (N-methyl/N-ethyl adjacent to an activating group) is 1. The highest BCUT2D eigenvalue weighted by molar-refractivity contribution is 5.95. The fourth-order valence-electron chi connectivity index (χ4n) is 3.55. The van der Waals surface area contributed by atoms with Crippen LogP contribution in [0.15, 0.2) is 41.3 Å². The van der Waals surface area contributed by atoms with E-state index in [-0.39, 0.29) is 23.6 Å². The zero-order valence-electron chi connectivity index (χ0n) is 16.6. The number of ether oxygens (including phenoxy) is 1. The first-order valence-corrected chi connectivity index (χ1v) is 9.61. The van der Waals surface area contributed by atoms with Crippen LogP contribution in [0.2, 0.25) is 0 Å². The first kappa shape index (κ1) is 19.2. The molecule has 1 unspecified atom stereocenters. The van der Waals surface area contributed by atoms with E-state index in [1.54, 1.807) is 16.6 Å². The number of hydrogen-bond acceptors (Lipinski definition) is 3. The number of aryl methyl sites for hydroxylation is 1. The lowest BCUT2D eigenvalue weighted by molar-refractivity contribution is 0.0700. The maximum Gasteiger partial charge on any atom is 0.263 e. The van der Waals surface area contributed by atoms with Crippen molar-refractivity contribution in [3.05, 3.63) is 63.6 Å². The topological polar surface area (TPSA) is 51.5 Å². The monoisotopic (exact) mass is 368 g/mol. The van der Waals surface area contributed by atoms with E-state index in [1.807, 2.05) is 57.3 Å². The summed E-state index contributed by atoms with van der Waals surface area (Å²) in [5.74, 6) is 0.645. The second kappa shape index (κ2) is 7.99.